The lowest BCUT2D eigenvalue weighted by Crippen LogP contribution is -2.46. The van der Waals surface area contributed by atoms with Gasteiger partial charge in [0.2, 0.25) is 0 Å². The van der Waals surface area contributed by atoms with Crippen LogP contribution in [0.1, 0.15) is 24.1 Å². The molecule has 1 heterocycles. The number of carbonyl (C=O) groups excluding carboxylic acids is 2. The topological polar surface area (TPSA) is 79.5 Å². The molecule has 1 aliphatic rings. The van der Waals surface area contributed by atoms with Gasteiger partial charge in [-0.3, -0.25) is 4.79 Å². The average Bonchev–Trinajstić information content (AvgIpc) is 2.60. The molecule has 27 heavy (non-hydrogen) atoms. The Kier molecular flexibility index (Phi) is 5.51. The van der Waals surface area contributed by atoms with E-state index in [4.69, 9.17) is 4.74 Å². The lowest BCUT2D eigenvalue weighted by molar-refractivity contribution is -0.113. The molecule has 0 fully saturated rings. The van der Waals surface area contributed by atoms with Gasteiger partial charge in [-0.25, -0.2) is 4.79 Å². The summed E-state index contributed by atoms with van der Waals surface area (Å²) in [4.78, 5) is 25.0. The molecule has 0 saturated heterocycles. The Hall–Kier alpha value is -2.80. The lowest BCUT2D eigenvalue weighted by atomic mass is 9.94. The number of rotatable bonds is 4. The van der Waals surface area contributed by atoms with E-state index in [9.17, 15) is 9.59 Å². The monoisotopic (exact) mass is 429 g/mol. The van der Waals surface area contributed by atoms with Gasteiger partial charge in [0, 0.05) is 11.4 Å². The number of anilines is 1. The third-order valence-electron chi connectivity index (χ3n) is 4.30. The molecule has 2 aromatic carbocycles. The average molecular weight is 430 g/mol. The summed E-state index contributed by atoms with van der Waals surface area (Å²) >= 11 is 3.45. The maximum atomic E-state index is 13.0. The maximum absolute atomic E-state index is 13.0. The summed E-state index contributed by atoms with van der Waals surface area (Å²) in [5.41, 5.74) is 3.48. The molecule has 3 rings (SSSR count). The van der Waals surface area contributed by atoms with Crippen LogP contribution in [0.25, 0.3) is 0 Å². The van der Waals surface area contributed by atoms with E-state index in [0.29, 0.717) is 22.7 Å². The van der Waals surface area contributed by atoms with Gasteiger partial charge in [-0.05, 0) is 65.2 Å². The number of allylic oxidation sites excluding steroid dienone is 1. The molecule has 0 saturated carbocycles. The molecule has 140 valence electrons. The molecule has 3 N–H and O–H groups in total. The number of hydrogen-bond donors (Lipinski definition) is 3. The van der Waals surface area contributed by atoms with Crippen LogP contribution < -0.4 is 20.7 Å². The minimum atomic E-state index is -0.578. The number of benzene rings is 2. The molecule has 0 radical (unpaired) electrons. The lowest BCUT2D eigenvalue weighted by Gasteiger charge is -2.29. The molecule has 0 unspecified atom stereocenters. The molecule has 1 aliphatic heterocycles. The number of carbonyl (C=O) groups is 2. The SMILES string of the molecule is COc1ccc([C@@H]2NC(=O)NC(C)=C2C(=O)Nc2cccc(C)c2)cc1Br. The van der Waals surface area contributed by atoms with Crippen LogP contribution in [0.15, 0.2) is 58.2 Å². The number of urea groups is 1. The van der Waals surface area contributed by atoms with Gasteiger partial charge in [0.1, 0.15) is 5.75 Å². The Morgan fingerprint density at radius 1 is 1.19 bits per heavy atom. The van der Waals surface area contributed by atoms with Gasteiger partial charge in [-0.2, -0.15) is 0 Å². The van der Waals surface area contributed by atoms with Crippen molar-refractivity contribution in [3.63, 3.8) is 0 Å². The van der Waals surface area contributed by atoms with E-state index in [1.54, 1.807) is 20.1 Å². The van der Waals surface area contributed by atoms with E-state index in [0.717, 1.165) is 15.6 Å². The highest BCUT2D eigenvalue weighted by atomic mass is 79.9. The molecule has 0 bridgehead atoms. The van der Waals surface area contributed by atoms with Crippen LogP contribution in [0.5, 0.6) is 5.75 Å². The Morgan fingerprint density at radius 3 is 2.63 bits per heavy atom. The van der Waals surface area contributed by atoms with Gasteiger partial charge in [0.25, 0.3) is 5.91 Å². The summed E-state index contributed by atoms with van der Waals surface area (Å²) in [5.74, 6) is 0.396. The Balaban J connectivity index is 1.96. The van der Waals surface area contributed by atoms with E-state index in [2.05, 4.69) is 31.9 Å². The molecule has 2 aromatic rings. The molecular formula is C20H20BrN3O3. The van der Waals surface area contributed by atoms with E-state index in [1.165, 1.54) is 0 Å². The number of nitrogens with one attached hydrogen (secondary N) is 3. The third-order valence-corrected chi connectivity index (χ3v) is 4.92. The minimum Gasteiger partial charge on any atom is -0.496 e. The van der Waals surface area contributed by atoms with Crippen LogP contribution in [-0.2, 0) is 4.79 Å². The second-order valence-electron chi connectivity index (χ2n) is 6.29. The predicted octanol–water partition coefficient (Wildman–Crippen LogP) is 4.03. The highest BCUT2D eigenvalue weighted by Gasteiger charge is 2.31. The van der Waals surface area contributed by atoms with Crippen LogP contribution in [0.2, 0.25) is 0 Å². The van der Waals surface area contributed by atoms with Gasteiger partial charge in [0.15, 0.2) is 0 Å². The highest BCUT2D eigenvalue weighted by Crippen LogP contribution is 2.33. The minimum absolute atomic E-state index is 0.275. The zero-order valence-corrected chi connectivity index (χ0v) is 16.8. The number of halogens is 1. The van der Waals surface area contributed by atoms with Gasteiger partial charge in [-0.1, -0.05) is 18.2 Å². The van der Waals surface area contributed by atoms with Crippen molar-refractivity contribution in [3.8, 4) is 5.75 Å². The molecule has 1 atom stereocenters. The second-order valence-corrected chi connectivity index (χ2v) is 7.14. The van der Waals surface area contributed by atoms with Crippen molar-refractivity contribution in [1.29, 1.82) is 0 Å². The smallest absolute Gasteiger partial charge is 0.319 e. The quantitative estimate of drug-likeness (QED) is 0.685. The first-order valence-electron chi connectivity index (χ1n) is 8.39. The molecular weight excluding hydrogens is 410 g/mol. The first-order chi connectivity index (χ1) is 12.9. The van der Waals surface area contributed by atoms with Crippen molar-refractivity contribution in [1.82, 2.24) is 10.6 Å². The first kappa shape index (κ1) is 19.0. The summed E-state index contributed by atoms with van der Waals surface area (Å²) in [7, 11) is 1.58. The zero-order chi connectivity index (χ0) is 19.6. The standard InChI is InChI=1S/C20H20BrN3O3/c1-11-5-4-6-14(9-11)23-19(25)17-12(2)22-20(26)24-18(17)13-7-8-16(27-3)15(21)10-13/h4-10,18H,1-3H3,(H,23,25)(H2,22,24,26)/t18-/m0/s1. The van der Waals surface area contributed by atoms with Gasteiger partial charge in [0.05, 0.1) is 23.2 Å². The molecule has 6 nitrogen and oxygen atoms in total. The fourth-order valence-electron chi connectivity index (χ4n) is 3.03. The molecule has 0 aromatic heterocycles. The Labute approximate surface area is 166 Å². The number of aryl methyl sites for hydroxylation is 1. The van der Waals surface area contributed by atoms with Crippen molar-refractivity contribution in [2.24, 2.45) is 0 Å². The Morgan fingerprint density at radius 2 is 1.96 bits per heavy atom. The third kappa shape index (κ3) is 4.14. The van der Waals surface area contributed by atoms with Crippen LogP contribution in [-0.4, -0.2) is 19.0 Å². The molecule has 0 aliphatic carbocycles. The molecule has 0 spiro atoms. The van der Waals surface area contributed by atoms with E-state index in [-0.39, 0.29) is 11.9 Å². The maximum Gasteiger partial charge on any atom is 0.319 e. The highest BCUT2D eigenvalue weighted by molar-refractivity contribution is 9.10. The van der Waals surface area contributed by atoms with Crippen LogP contribution in [0.3, 0.4) is 0 Å². The van der Waals surface area contributed by atoms with Gasteiger partial charge >= 0.3 is 6.03 Å². The fraction of sp³-hybridized carbons (Fsp3) is 0.200. The summed E-state index contributed by atoms with van der Waals surface area (Å²) in [6.07, 6.45) is 0. The normalized spacial score (nSPS) is 16.4. The fourth-order valence-corrected chi connectivity index (χ4v) is 3.59. The summed E-state index contributed by atoms with van der Waals surface area (Å²) in [6, 6.07) is 12.1. The molecule has 3 amide bonds. The second kappa shape index (κ2) is 7.84. The van der Waals surface area contributed by atoms with Crippen molar-refractivity contribution in [3.05, 3.63) is 69.3 Å². The van der Waals surface area contributed by atoms with E-state index >= 15 is 0 Å². The number of methoxy groups -OCH3 is 1. The van der Waals surface area contributed by atoms with Crippen LogP contribution >= 0.6 is 15.9 Å². The van der Waals surface area contributed by atoms with Crippen molar-refractivity contribution in [2.45, 2.75) is 19.9 Å². The van der Waals surface area contributed by atoms with Crippen molar-refractivity contribution in [2.75, 3.05) is 12.4 Å². The van der Waals surface area contributed by atoms with Crippen molar-refractivity contribution < 1.29 is 14.3 Å². The largest absolute Gasteiger partial charge is 0.496 e. The number of ether oxygens (including phenoxy) is 1. The summed E-state index contributed by atoms with van der Waals surface area (Å²) in [5, 5.41) is 8.41. The Bertz CT molecular complexity index is 940. The predicted molar refractivity (Wildman–Crippen MR) is 108 cm³/mol. The van der Waals surface area contributed by atoms with Crippen LogP contribution in [0, 0.1) is 6.92 Å². The number of amides is 3. The number of hydrogen-bond acceptors (Lipinski definition) is 3. The van der Waals surface area contributed by atoms with E-state index in [1.807, 2.05) is 43.3 Å². The van der Waals surface area contributed by atoms with Crippen LogP contribution in [0.4, 0.5) is 10.5 Å². The summed E-state index contributed by atoms with van der Waals surface area (Å²) < 4.78 is 6.00. The zero-order valence-electron chi connectivity index (χ0n) is 15.2. The first-order valence-corrected chi connectivity index (χ1v) is 9.18. The van der Waals surface area contributed by atoms with E-state index < -0.39 is 6.04 Å². The molecule has 7 heteroatoms. The van der Waals surface area contributed by atoms with Crippen molar-refractivity contribution >= 4 is 33.6 Å². The van der Waals surface area contributed by atoms with Gasteiger partial charge < -0.3 is 20.7 Å². The van der Waals surface area contributed by atoms with Gasteiger partial charge in [-0.15, -0.1) is 0 Å². The summed E-state index contributed by atoms with van der Waals surface area (Å²) in [6.45, 7) is 3.68.